The fourth-order valence-electron chi connectivity index (χ4n) is 2.09. The highest BCUT2D eigenvalue weighted by Gasteiger charge is 2.22. The normalized spacial score (nSPS) is 17.9. The Labute approximate surface area is 134 Å². The Hall–Kier alpha value is -0.750. The number of thioether (sulfide) groups is 1. The van der Waals surface area contributed by atoms with Crippen LogP contribution in [0.15, 0.2) is 33.9 Å². The molecule has 1 aromatic carbocycles. The first-order chi connectivity index (χ1) is 9.31. The van der Waals surface area contributed by atoms with Crippen molar-refractivity contribution in [1.82, 2.24) is 15.5 Å². The van der Waals surface area contributed by atoms with E-state index < -0.39 is 0 Å². The van der Waals surface area contributed by atoms with Crippen molar-refractivity contribution in [3.63, 3.8) is 0 Å². The van der Waals surface area contributed by atoms with Crippen molar-refractivity contribution in [2.24, 2.45) is 0 Å². The largest absolute Gasteiger partial charge is 1.00 e. The third kappa shape index (κ3) is 3.88. The molecule has 1 N–H and O–H groups in total. The molecule has 0 unspecified atom stereocenters. The van der Waals surface area contributed by atoms with Gasteiger partial charge in [0, 0.05) is 10.8 Å². The zero-order valence-corrected chi connectivity index (χ0v) is 13.0. The summed E-state index contributed by atoms with van der Waals surface area (Å²) in [6.07, 6.45) is 2.23. The van der Waals surface area contributed by atoms with Gasteiger partial charge in [0.1, 0.15) is 0 Å². The van der Waals surface area contributed by atoms with Gasteiger partial charge in [-0.25, -0.2) is 0 Å². The molecule has 0 bridgehead atoms. The van der Waals surface area contributed by atoms with Crippen LogP contribution in [-0.4, -0.2) is 16.7 Å². The fraction of sp³-hybridized carbons (Fsp3) is 0.385. The minimum atomic E-state index is 0. The van der Waals surface area contributed by atoms with Crippen LogP contribution in [0.3, 0.4) is 0 Å². The number of aromatic nitrogens is 2. The van der Waals surface area contributed by atoms with E-state index in [4.69, 9.17) is 16.0 Å². The molecule has 0 aliphatic carbocycles. The molecule has 20 heavy (non-hydrogen) atoms. The van der Waals surface area contributed by atoms with Gasteiger partial charge in [0.2, 0.25) is 5.89 Å². The molecule has 3 rings (SSSR count). The molecular formula is C13H15Cl2N3OS. The van der Waals surface area contributed by atoms with Gasteiger partial charge in [-0.3, -0.25) is 0 Å². The van der Waals surface area contributed by atoms with Crippen LogP contribution in [0.25, 0.3) is 0 Å². The summed E-state index contributed by atoms with van der Waals surface area (Å²) in [6, 6.07) is 8.03. The van der Waals surface area contributed by atoms with Gasteiger partial charge >= 0.3 is 1.43 Å². The standard InChI is InChI=1S/C13H14ClN3OS.ClH/c14-10-4-1-3-9(7-10)8-19-13-17-16-12(18-13)11-5-2-6-15-11;/h1,3-4,7,11,15H,2,5-6,8H2;1H/t11-;/m0./s1. The lowest BCUT2D eigenvalue weighted by molar-refractivity contribution is -0.00000440. The second-order valence-corrected chi connectivity index (χ2v) is 5.84. The maximum Gasteiger partial charge on any atom is 1.00 e. The number of hydrogen-bond acceptors (Lipinski definition) is 5. The number of benzene rings is 1. The first kappa shape index (κ1) is 15.6. The summed E-state index contributed by atoms with van der Waals surface area (Å²) in [5, 5.41) is 12.9. The van der Waals surface area contributed by atoms with Gasteiger partial charge in [-0.2, -0.15) is 0 Å². The van der Waals surface area contributed by atoms with E-state index in [2.05, 4.69) is 15.5 Å². The highest BCUT2D eigenvalue weighted by Crippen LogP contribution is 2.27. The van der Waals surface area contributed by atoms with Crippen molar-refractivity contribution in [2.45, 2.75) is 29.9 Å². The first-order valence-corrected chi connectivity index (χ1v) is 7.61. The average Bonchev–Trinajstić information content (AvgIpc) is 3.07. The summed E-state index contributed by atoms with van der Waals surface area (Å²) >= 11 is 7.48. The maximum absolute atomic E-state index is 5.95. The molecular weight excluding hydrogens is 317 g/mol. The van der Waals surface area contributed by atoms with Gasteiger partial charge in [-0.1, -0.05) is 35.5 Å². The van der Waals surface area contributed by atoms with Gasteiger partial charge in [0.15, 0.2) is 0 Å². The molecule has 4 nitrogen and oxygen atoms in total. The van der Waals surface area contributed by atoms with Crippen LogP contribution in [0.2, 0.25) is 5.02 Å². The molecule has 2 heterocycles. The van der Waals surface area contributed by atoms with E-state index in [9.17, 15) is 0 Å². The fourth-order valence-corrected chi connectivity index (χ4v) is 3.01. The molecule has 1 atom stereocenters. The monoisotopic (exact) mass is 331 g/mol. The quantitative estimate of drug-likeness (QED) is 0.829. The molecule has 0 saturated carbocycles. The van der Waals surface area contributed by atoms with Crippen molar-refractivity contribution < 1.29 is 18.3 Å². The van der Waals surface area contributed by atoms with E-state index >= 15 is 0 Å². The summed E-state index contributed by atoms with van der Waals surface area (Å²) in [4.78, 5) is 0. The molecule has 1 saturated heterocycles. The van der Waals surface area contributed by atoms with E-state index in [0.717, 1.165) is 35.7 Å². The number of nitrogens with zero attached hydrogens (tertiary/aromatic N) is 2. The van der Waals surface area contributed by atoms with Crippen LogP contribution in [0, 0.1) is 0 Å². The zero-order valence-electron chi connectivity index (χ0n) is 11.7. The minimum Gasteiger partial charge on any atom is -1.00 e. The molecule has 1 aliphatic heterocycles. The van der Waals surface area contributed by atoms with Crippen LogP contribution >= 0.6 is 23.4 Å². The van der Waals surface area contributed by atoms with E-state index in [-0.39, 0.29) is 19.9 Å². The van der Waals surface area contributed by atoms with Crippen molar-refractivity contribution in [2.75, 3.05) is 6.54 Å². The summed E-state index contributed by atoms with van der Waals surface area (Å²) in [7, 11) is 0. The van der Waals surface area contributed by atoms with Crippen molar-refractivity contribution in [3.8, 4) is 0 Å². The number of halogens is 2. The third-order valence-electron chi connectivity index (χ3n) is 3.03. The van der Waals surface area contributed by atoms with Gasteiger partial charge in [0.25, 0.3) is 5.22 Å². The van der Waals surface area contributed by atoms with E-state index in [0.29, 0.717) is 11.1 Å². The molecule has 1 fully saturated rings. The second-order valence-electron chi connectivity index (χ2n) is 4.47. The molecule has 0 radical (unpaired) electrons. The first-order valence-electron chi connectivity index (χ1n) is 6.25. The lowest BCUT2D eigenvalue weighted by atomic mass is 10.2. The molecule has 0 amide bonds. The molecule has 0 spiro atoms. The number of rotatable bonds is 4. The Morgan fingerprint density at radius 2 is 2.35 bits per heavy atom. The Morgan fingerprint density at radius 1 is 1.45 bits per heavy atom. The molecule has 108 valence electrons. The van der Waals surface area contributed by atoms with E-state index in [1.54, 1.807) is 0 Å². The molecule has 1 aromatic heterocycles. The van der Waals surface area contributed by atoms with Crippen LogP contribution in [0.5, 0.6) is 0 Å². The second kappa shape index (κ2) is 7.31. The molecule has 2 aromatic rings. The van der Waals surface area contributed by atoms with E-state index in [1.807, 2.05) is 24.3 Å². The smallest absolute Gasteiger partial charge is 1.00 e. The van der Waals surface area contributed by atoms with Crippen LogP contribution in [-0.2, 0) is 5.75 Å². The average molecular weight is 332 g/mol. The lowest BCUT2D eigenvalue weighted by Crippen LogP contribution is -3.00. The third-order valence-corrected chi connectivity index (χ3v) is 4.16. The van der Waals surface area contributed by atoms with Crippen molar-refractivity contribution in [3.05, 3.63) is 40.7 Å². The predicted molar refractivity (Wildman–Crippen MR) is 76.4 cm³/mol. The lowest BCUT2D eigenvalue weighted by Gasteiger charge is -2.02. The van der Waals surface area contributed by atoms with Gasteiger partial charge < -0.3 is 22.1 Å². The van der Waals surface area contributed by atoms with Gasteiger partial charge in [0.05, 0.1) is 6.04 Å². The van der Waals surface area contributed by atoms with Crippen molar-refractivity contribution >= 4 is 23.4 Å². The highest BCUT2D eigenvalue weighted by atomic mass is 35.5. The SMILES string of the molecule is Clc1cccc(CSc2nnc([C@@H]3CCCN3)o2)c1.[Cl-].[H+]. The molecule has 7 heteroatoms. The zero-order chi connectivity index (χ0) is 13.1. The Morgan fingerprint density at radius 3 is 3.10 bits per heavy atom. The Kier molecular flexibility index (Phi) is 5.72. The van der Waals surface area contributed by atoms with Crippen LogP contribution in [0.4, 0.5) is 0 Å². The molecule has 1 aliphatic rings. The van der Waals surface area contributed by atoms with Crippen LogP contribution in [0.1, 0.15) is 31.8 Å². The van der Waals surface area contributed by atoms with Gasteiger partial charge in [-0.05, 0) is 37.1 Å². The van der Waals surface area contributed by atoms with Crippen LogP contribution < -0.4 is 17.7 Å². The Balaban J connectivity index is 0.00000110. The minimum absolute atomic E-state index is 0. The summed E-state index contributed by atoms with van der Waals surface area (Å²) in [5.74, 6) is 1.48. The summed E-state index contributed by atoms with van der Waals surface area (Å²) < 4.78 is 5.66. The van der Waals surface area contributed by atoms with Crippen molar-refractivity contribution in [1.29, 1.82) is 0 Å². The highest BCUT2D eigenvalue weighted by molar-refractivity contribution is 7.98. The van der Waals surface area contributed by atoms with Gasteiger partial charge in [-0.15, -0.1) is 10.2 Å². The maximum atomic E-state index is 5.95. The number of hydrogen-bond donors (Lipinski definition) is 1. The predicted octanol–water partition coefficient (Wildman–Crippen LogP) is 0.556. The topological polar surface area (TPSA) is 51.0 Å². The summed E-state index contributed by atoms with van der Waals surface area (Å²) in [5.41, 5.74) is 1.15. The summed E-state index contributed by atoms with van der Waals surface area (Å²) in [6.45, 7) is 1.03. The Bertz CT molecular complexity index is 564. The number of nitrogens with one attached hydrogen (secondary N) is 1. The van der Waals surface area contributed by atoms with E-state index in [1.165, 1.54) is 11.8 Å².